The summed E-state index contributed by atoms with van der Waals surface area (Å²) in [4.78, 5) is 11.8. The molecule has 1 aromatic carbocycles. The molecule has 1 amide bonds. The molecule has 104 valence electrons. The lowest BCUT2D eigenvalue weighted by Crippen LogP contribution is -2.39. The lowest BCUT2D eigenvalue weighted by molar-refractivity contribution is -0.131. The number of carbonyl (C=O) groups is 1. The Morgan fingerprint density at radius 1 is 1.53 bits per heavy atom. The van der Waals surface area contributed by atoms with Gasteiger partial charge >= 0.3 is 0 Å². The fourth-order valence-electron chi connectivity index (χ4n) is 1.93. The van der Waals surface area contributed by atoms with Gasteiger partial charge in [-0.05, 0) is 31.0 Å². The van der Waals surface area contributed by atoms with E-state index in [0.717, 1.165) is 6.42 Å². The topological polar surface area (TPSA) is 90.4 Å². The first kappa shape index (κ1) is 14.1. The second-order valence-corrected chi connectivity index (χ2v) is 5.40. The predicted molar refractivity (Wildman–Crippen MR) is 71.8 cm³/mol. The molecule has 0 saturated carbocycles. The molecule has 5 nitrogen and oxygen atoms in total. The van der Waals surface area contributed by atoms with Crippen LogP contribution in [-0.2, 0) is 9.53 Å². The van der Waals surface area contributed by atoms with Crippen LogP contribution in [0.5, 0.6) is 0 Å². The number of halogens is 1. The van der Waals surface area contributed by atoms with E-state index in [9.17, 15) is 9.18 Å². The van der Waals surface area contributed by atoms with Crippen LogP contribution >= 0.6 is 11.8 Å². The highest BCUT2D eigenvalue weighted by Crippen LogP contribution is 2.29. The Bertz CT molecular complexity index is 472. The summed E-state index contributed by atoms with van der Waals surface area (Å²) in [5, 5.41) is 0. The first-order chi connectivity index (χ1) is 9.10. The molecule has 1 aliphatic rings. The molecule has 5 N–H and O–H groups in total. The van der Waals surface area contributed by atoms with Crippen LogP contribution in [0.2, 0.25) is 0 Å². The first-order valence-electron chi connectivity index (χ1n) is 5.94. The Balaban J connectivity index is 1.85. The van der Waals surface area contributed by atoms with Crippen LogP contribution in [0.1, 0.15) is 12.8 Å². The maximum absolute atomic E-state index is 13.6. The molecular weight excluding hydrogens is 269 g/mol. The number of benzene rings is 1. The maximum atomic E-state index is 13.6. The third-order valence-electron chi connectivity index (χ3n) is 2.92. The normalized spacial score (nSPS) is 22.4. The summed E-state index contributed by atoms with van der Waals surface area (Å²) in [6.45, 7) is 0. The number of ether oxygens (including phenoxy) is 1. The Morgan fingerprint density at radius 2 is 2.32 bits per heavy atom. The van der Waals surface area contributed by atoms with Gasteiger partial charge in [0.1, 0.15) is 11.9 Å². The maximum Gasteiger partial charge on any atom is 0.263 e. The van der Waals surface area contributed by atoms with Gasteiger partial charge in [0.2, 0.25) is 0 Å². The van der Waals surface area contributed by atoms with Crippen molar-refractivity contribution in [1.82, 2.24) is 5.43 Å². The summed E-state index contributed by atoms with van der Waals surface area (Å²) in [6.07, 6.45) is 0.844. The zero-order valence-corrected chi connectivity index (χ0v) is 11.1. The van der Waals surface area contributed by atoms with Crippen LogP contribution in [0.15, 0.2) is 23.1 Å². The van der Waals surface area contributed by atoms with Crippen molar-refractivity contribution in [1.29, 1.82) is 0 Å². The Morgan fingerprint density at radius 3 is 3.00 bits per heavy atom. The number of nitrogen functional groups attached to an aromatic ring is 1. The van der Waals surface area contributed by atoms with Gasteiger partial charge in [0.25, 0.3) is 5.91 Å². The molecule has 1 aliphatic heterocycles. The summed E-state index contributed by atoms with van der Waals surface area (Å²) in [7, 11) is 0. The van der Waals surface area contributed by atoms with E-state index < -0.39 is 6.10 Å². The molecule has 1 aromatic rings. The minimum absolute atomic E-state index is 0.0655. The number of rotatable bonds is 4. The van der Waals surface area contributed by atoms with E-state index in [-0.39, 0.29) is 17.8 Å². The Hall–Kier alpha value is -1.31. The standard InChI is InChI=1S/C12H16FN3O2S/c13-9-5-7(14)1-4-11(9)19-6-8-2-3-10(18-8)12(17)16-15/h1,4-5,8,10H,2-3,6,14-15H2,(H,16,17). The van der Waals surface area contributed by atoms with E-state index in [2.05, 4.69) is 5.43 Å². The largest absolute Gasteiger partial charge is 0.399 e. The SMILES string of the molecule is NNC(=O)C1CCC(CSc2ccc(N)cc2F)O1. The third kappa shape index (κ3) is 3.59. The first-order valence-corrected chi connectivity index (χ1v) is 6.92. The van der Waals surface area contributed by atoms with Gasteiger partial charge < -0.3 is 10.5 Å². The lowest BCUT2D eigenvalue weighted by Gasteiger charge is -2.12. The number of hydrogen-bond acceptors (Lipinski definition) is 5. The average molecular weight is 285 g/mol. The van der Waals surface area contributed by atoms with E-state index >= 15 is 0 Å². The molecule has 0 bridgehead atoms. The van der Waals surface area contributed by atoms with Gasteiger partial charge in [0.05, 0.1) is 6.10 Å². The summed E-state index contributed by atoms with van der Waals surface area (Å²) in [5.41, 5.74) is 7.96. The second-order valence-electron chi connectivity index (χ2n) is 4.33. The van der Waals surface area contributed by atoms with Crippen LogP contribution in [-0.4, -0.2) is 23.9 Å². The van der Waals surface area contributed by atoms with Crippen molar-refractivity contribution < 1.29 is 13.9 Å². The Labute approximate surface area is 114 Å². The number of thioether (sulfide) groups is 1. The molecule has 0 radical (unpaired) electrons. The highest BCUT2D eigenvalue weighted by atomic mass is 32.2. The van der Waals surface area contributed by atoms with E-state index in [4.69, 9.17) is 16.3 Å². The average Bonchev–Trinajstić information content (AvgIpc) is 2.85. The molecule has 0 aliphatic carbocycles. The molecule has 0 aromatic heterocycles. The van der Waals surface area contributed by atoms with Crippen LogP contribution in [0.3, 0.4) is 0 Å². The molecule has 1 saturated heterocycles. The number of carbonyl (C=O) groups excluding carboxylic acids is 1. The van der Waals surface area contributed by atoms with E-state index in [1.165, 1.54) is 17.8 Å². The number of nitrogens with two attached hydrogens (primary N) is 2. The molecule has 0 spiro atoms. The summed E-state index contributed by atoms with van der Waals surface area (Å²) >= 11 is 1.36. The zero-order valence-electron chi connectivity index (χ0n) is 10.3. The van der Waals surface area contributed by atoms with Crippen molar-refractivity contribution in [2.75, 3.05) is 11.5 Å². The third-order valence-corrected chi connectivity index (χ3v) is 4.10. The summed E-state index contributed by atoms with van der Waals surface area (Å²) in [6, 6.07) is 4.60. The quantitative estimate of drug-likeness (QED) is 0.253. The number of hydrazine groups is 1. The second kappa shape index (κ2) is 6.23. The van der Waals surface area contributed by atoms with Crippen molar-refractivity contribution >= 4 is 23.4 Å². The molecule has 2 unspecified atom stereocenters. The van der Waals surface area contributed by atoms with Gasteiger partial charge in [-0.15, -0.1) is 11.8 Å². The smallest absolute Gasteiger partial charge is 0.263 e. The number of hydrogen-bond donors (Lipinski definition) is 3. The molecule has 19 heavy (non-hydrogen) atoms. The number of anilines is 1. The van der Waals surface area contributed by atoms with Gasteiger partial charge in [0.15, 0.2) is 0 Å². The van der Waals surface area contributed by atoms with E-state index in [0.29, 0.717) is 22.8 Å². The summed E-state index contributed by atoms with van der Waals surface area (Å²) in [5.74, 6) is 4.99. The van der Waals surface area contributed by atoms with E-state index in [1.54, 1.807) is 12.1 Å². The molecule has 1 fully saturated rings. The number of amides is 1. The summed E-state index contributed by atoms with van der Waals surface area (Å²) < 4.78 is 19.1. The monoisotopic (exact) mass is 285 g/mol. The van der Waals surface area contributed by atoms with Crippen molar-refractivity contribution in [3.05, 3.63) is 24.0 Å². The van der Waals surface area contributed by atoms with E-state index in [1.807, 2.05) is 0 Å². The van der Waals surface area contributed by atoms with Gasteiger partial charge in [0, 0.05) is 16.3 Å². The lowest BCUT2D eigenvalue weighted by atomic mass is 10.2. The van der Waals surface area contributed by atoms with Crippen molar-refractivity contribution in [3.63, 3.8) is 0 Å². The Kier molecular flexibility index (Phi) is 4.62. The van der Waals surface area contributed by atoms with Crippen molar-refractivity contribution in [2.24, 2.45) is 5.84 Å². The molecule has 2 rings (SSSR count). The zero-order chi connectivity index (χ0) is 13.8. The fraction of sp³-hybridized carbons (Fsp3) is 0.417. The fourth-order valence-corrected chi connectivity index (χ4v) is 2.90. The van der Waals surface area contributed by atoms with Gasteiger partial charge in [-0.1, -0.05) is 0 Å². The van der Waals surface area contributed by atoms with Gasteiger partial charge in [-0.25, -0.2) is 10.2 Å². The van der Waals surface area contributed by atoms with Crippen LogP contribution in [0, 0.1) is 5.82 Å². The van der Waals surface area contributed by atoms with Gasteiger partial charge in [-0.2, -0.15) is 0 Å². The molecule has 7 heteroatoms. The van der Waals surface area contributed by atoms with Crippen LogP contribution in [0.25, 0.3) is 0 Å². The van der Waals surface area contributed by atoms with Crippen molar-refractivity contribution in [3.8, 4) is 0 Å². The molecule has 2 atom stereocenters. The molecule has 1 heterocycles. The minimum Gasteiger partial charge on any atom is -0.399 e. The predicted octanol–water partition coefficient (Wildman–Crippen LogP) is 1.04. The van der Waals surface area contributed by atoms with Gasteiger partial charge in [-0.3, -0.25) is 10.2 Å². The van der Waals surface area contributed by atoms with Crippen LogP contribution in [0.4, 0.5) is 10.1 Å². The molecular formula is C12H16FN3O2S. The van der Waals surface area contributed by atoms with Crippen LogP contribution < -0.4 is 17.0 Å². The highest BCUT2D eigenvalue weighted by molar-refractivity contribution is 7.99. The highest BCUT2D eigenvalue weighted by Gasteiger charge is 2.30. The number of nitrogens with one attached hydrogen (secondary N) is 1. The van der Waals surface area contributed by atoms with Crippen molar-refractivity contribution in [2.45, 2.75) is 29.9 Å². The minimum atomic E-state index is -0.494.